The summed E-state index contributed by atoms with van der Waals surface area (Å²) in [7, 11) is 0. The molecular formula is C16H26N2. The van der Waals surface area contributed by atoms with Gasteiger partial charge in [-0.1, -0.05) is 20.3 Å². The molecule has 0 aromatic carbocycles. The van der Waals surface area contributed by atoms with E-state index in [4.69, 9.17) is 0 Å². The first-order valence-electron chi connectivity index (χ1n) is 7.17. The third-order valence-corrected chi connectivity index (χ3v) is 4.16. The lowest BCUT2D eigenvalue weighted by molar-refractivity contribution is 0.313. The molecule has 1 aliphatic carbocycles. The summed E-state index contributed by atoms with van der Waals surface area (Å²) in [6, 6.07) is 4.89. The summed E-state index contributed by atoms with van der Waals surface area (Å²) in [5, 5.41) is 3.69. The topological polar surface area (TPSA) is 24.9 Å². The Morgan fingerprint density at radius 1 is 1.17 bits per heavy atom. The molecule has 0 radical (unpaired) electrons. The lowest BCUT2D eigenvalue weighted by atomic mass is 9.85. The van der Waals surface area contributed by atoms with Crippen LogP contribution in [0.3, 0.4) is 0 Å². The number of pyridine rings is 1. The molecule has 1 aliphatic rings. The number of nitrogens with one attached hydrogen (secondary N) is 1. The van der Waals surface area contributed by atoms with E-state index in [9.17, 15) is 0 Å². The molecule has 0 amide bonds. The summed E-state index contributed by atoms with van der Waals surface area (Å²) in [5.41, 5.74) is 3.96. The molecule has 2 rings (SSSR count). The summed E-state index contributed by atoms with van der Waals surface area (Å²) in [4.78, 5) is 4.53. The van der Waals surface area contributed by atoms with E-state index >= 15 is 0 Å². The number of hydrogen-bond donors (Lipinski definition) is 1. The molecular weight excluding hydrogens is 220 g/mol. The molecule has 100 valence electrons. The molecule has 1 aromatic rings. The van der Waals surface area contributed by atoms with Gasteiger partial charge in [0.15, 0.2) is 0 Å². The largest absolute Gasteiger partial charge is 0.381 e. The number of aromatic nitrogens is 1. The number of rotatable bonds is 2. The van der Waals surface area contributed by atoms with Crippen LogP contribution >= 0.6 is 0 Å². The molecule has 1 heterocycles. The van der Waals surface area contributed by atoms with Crippen LogP contribution in [0.15, 0.2) is 12.1 Å². The van der Waals surface area contributed by atoms with Crippen molar-refractivity contribution in [3.05, 3.63) is 23.5 Å². The fourth-order valence-electron chi connectivity index (χ4n) is 2.86. The minimum absolute atomic E-state index is 0.525. The van der Waals surface area contributed by atoms with Gasteiger partial charge in [0, 0.05) is 11.7 Å². The molecule has 0 saturated heterocycles. The van der Waals surface area contributed by atoms with Crippen LogP contribution in [0, 0.1) is 19.3 Å². The fraction of sp³-hybridized carbons (Fsp3) is 0.688. The molecule has 2 nitrogen and oxygen atoms in total. The summed E-state index contributed by atoms with van der Waals surface area (Å²) in [5.74, 6) is 0. The van der Waals surface area contributed by atoms with Crippen molar-refractivity contribution in [2.45, 2.75) is 65.8 Å². The van der Waals surface area contributed by atoms with Gasteiger partial charge in [0.25, 0.3) is 0 Å². The Morgan fingerprint density at radius 2 is 1.94 bits per heavy atom. The van der Waals surface area contributed by atoms with Crippen molar-refractivity contribution in [2.75, 3.05) is 5.32 Å². The third kappa shape index (κ3) is 3.47. The van der Waals surface area contributed by atoms with Gasteiger partial charge in [0.05, 0.1) is 11.4 Å². The molecule has 1 atom stereocenters. The molecule has 18 heavy (non-hydrogen) atoms. The highest BCUT2D eigenvalue weighted by Gasteiger charge is 2.24. The molecule has 2 heteroatoms. The zero-order valence-electron chi connectivity index (χ0n) is 12.2. The van der Waals surface area contributed by atoms with Gasteiger partial charge in [0.2, 0.25) is 0 Å². The van der Waals surface area contributed by atoms with Gasteiger partial charge >= 0.3 is 0 Å². The van der Waals surface area contributed by atoms with Crippen LogP contribution in [-0.4, -0.2) is 11.0 Å². The highest BCUT2D eigenvalue weighted by Crippen LogP contribution is 2.34. The maximum Gasteiger partial charge on any atom is 0.0606 e. The van der Waals surface area contributed by atoms with Gasteiger partial charge in [0.1, 0.15) is 0 Å². The predicted molar refractivity (Wildman–Crippen MR) is 78.0 cm³/mol. The lowest BCUT2D eigenvalue weighted by Gasteiger charge is -2.22. The van der Waals surface area contributed by atoms with Gasteiger partial charge in [-0.15, -0.1) is 0 Å². The van der Waals surface area contributed by atoms with Crippen LogP contribution in [0.1, 0.15) is 57.3 Å². The van der Waals surface area contributed by atoms with Crippen molar-refractivity contribution in [3.63, 3.8) is 0 Å². The van der Waals surface area contributed by atoms with Gasteiger partial charge < -0.3 is 5.32 Å². The monoisotopic (exact) mass is 246 g/mol. The number of nitrogens with zero attached hydrogens (tertiary/aromatic N) is 1. The minimum atomic E-state index is 0.525. The van der Waals surface area contributed by atoms with Crippen molar-refractivity contribution in [1.82, 2.24) is 4.98 Å². The van der Waals surface area contributed by atoms with Crippen molar-refractivity contribution in [1.29, 1.82) is 0 Å². The lowest BCUT2D eigenvalue weighted by Crippen LogP contribution is -2.20. The Hall–Kier alpha value is -1.05. The minimum Gasteiger partial charge on any atom is -0.381 e. The average Bonchev–Trinajstić information content (AvgIpc) is 2.44. The van der Waals surface area contributed by atoms with Crippen molar-refractivity contribution < 1.29 is 0 Å². The Kier molecular flexibility index (Phi) is 3.94. The van der Waals surface area contributed by atoms with Crippen LogP contribution in [-0.2, 0) is 0 Å². The number of anilines is 1. The Bertz CT molecular complexity index is 410. The zero-order valence-corrected chi connectivity index (χ0v) is 12.2. The molecule has 1 saturated carbocycles. The van der Waals surface area contributed by atoms with E-state index in [1.54, 1.807) is 0 Å². The summed E-state index contributed by atoms with van der Waals surface area (Å²) >= 11 is 0. The highest BCUT2D eigenvalue weighted by molar-refractivity contribution is 5.48. The van der Waals surface area contributed by atoms with Crippen molar-refractivity contribution >= 4 is 5.69 Å². The van der Waals surface area contributed by atoms with E-state index in [1.807, 2.05) is 6.92 Å². The second-order valence-electron chi connectivity index (χ2n) is 6.52. The molecule has 0 spiro atoms. The summed E-state index contributed by atoms with van der Waals surface area (Å²) in [6.45, 7) is 8.93. The summed E-state index contributed by atoms with van der Waals surface area (Å²) in [6.07, 6.45) is 6.58. The molecule has 0 aliphatic heterocycles. The molecule has 1 unspecified atom stereocenters. The smallest absolute Gasteiger partial charge is 0.0606 e. The van der Waals surface area contributed by atoms with Crippen LogP contribution in [0.4, 0.5) is 5.69 Å². The number of hydrogen-bond acceptors (Lipinski definition) is 2. The van der Waals surface area contributed by atoms with Gasteiger partial charge in [-0.05, 0) is 57.1 Å². The van der Waals surface area contributed by atoms with Crippen molar-refractivity contribution in [3.8, 4) is 0 Å². The van der Waals surface area contributed by atoms with Gasteiger partial charge in [-0.3, -0.25) is 4.98 Å². The van der Waals surface area contributed by atoms with Crippen molar-refractivity contribution in [2.24, 2.45) is 5.41 Å². The molecule has 1 N–H and O–H groups in total. The first-order chi connectivity index (χ1) is 8.46. The second kappa shape index (κ2) is 5.29. The Morgan fingerprint density at radius 3 is 2.67 bits per heavy atom. The predicted octanol–water partition coefficient (Wildman–Crippen LogP) is 4.47. The number of aryl methyl sites for hydroxylation is 2. The van der Waals surface area contributed by atoms with E-state index in [1.165, 1.54) is 37.8 Å². The van der Waals surface area contributed by atoms with E-state index in [2.05, 4.69) is 43.2 Å². The van der Waals surface area contributed by atoms with Crippen LogP contribution in [0.5, 0.6) is 0 Å². The average molecular weight is 246 g/mol. The summed E-state index contributed by atoms with van der Waals surface area (Å²) < 4.78 is 0. The maximum atomic E-state index is 4.53. The second-order valence-corrected chi connectivity index (χ2v) is 6.52. The standard InChI is InChI=1S/C16H26N2/c1-12-7-8-15(13(2)17-12)18-14-6-5-10-16(3,4)11-9-14/h7-8,14,18H,5-6,9-11H2,1-4H3. The molecule has 0 bridgehead atoms. The quantitative estimate of drug-likeness (QED) is 0.779. The molecule has 1 fully saturated rings. The first kappa shape index (κ1) is 13.4. The third-order valence-electron chi connectivity index (χ3n) is 4.16. The SMILES string of the molecule is Cc1ccc(NC2CCCC(C)(C)CC2)c(C)n1. The van der Waals surface area contributed by atoms with Crippen LogP contribution in [0.25, 0.3) is 0 Å². The molecule has 1 aromatic heterocycles. The first-order valence-corrected chi connectivity index (χ1v) is 7.17. The Labute approximate surface area is 111 Å². The van der Waals surface area contributed by atoms with E-state index in [0.29, 0.717) is 11.5 Å². The van der Waals surface area contributed by atoms with Crippen LogP contribution in [0.2, 0.25) is 0 Å². The maximum absolute atomic E-state index is 4.53. The van der Waals surface area contributed by atoms with Gasteiger partial charge in [-0.25, -0.2) is 0 Å². The van der Waals surface area contributed by atoms with E-state index in [-0.39, 0.29) is 0 Å². The van der Waals surface area contributed by atoms with E-state index in [0.717, 1.165) is 11.4 Å². The van der Waals surface area contributed by atoms with Gasteiger partial charge in [-0.2, -0.15) is 0 Å². The zero-order chi connectivity index (χ0) is 13.2. The Balaban J connectivity index is 2.01. The van der Waals surface area contributed by atoms with E-state index < -0.39 is 0 Å². The normalized spacial score (nSPS) is 23.4. The highest BCUT2D eigenvalue weighted by atomic mass is 14.9. The fourth-order valence-corrected chi connectivity index (χ4v) is 2.86. The van der Waals surface area contributed by atoms with Crippen LogP contribution < -0.4 is 5.32 Å².